The number of likely N-dealkylation sites (N-methyl/N-ethyl adjacent to an activating group) is 1. The highest BCUT2D eigenvalue weighted by molar-refractivity contribution is 7.91. The van der Waals surface area contributed by atoms with E-state index in [4.69, 9.17) is 0 Å². The van der Waals surface area contributed by atoms with Gasteiger partial charge in [-0.2, -0.15) is 0 Å². The monoisotopic (exact) mass is 339 g/mol. The van der Waals surface area contributed by atoms with Gasteiger partial charge in [-0.05, 0) is 19.5 Å². The van der Waals surface area contributed by atoms with Gasteiger partial charge in [0.2, 0.25) is 5.95 Å². The van der Waals surface area contributed by atoms with Gasteiger partial charge >= 0.3 is 0 Å². The van der Waals surface area contributed by atoms with Crippen LogP contribution in [0.2, 0.25) is 0 Å². The molecular formula is C14H21N5O3S. The van der Waals surface area contributed by atoms with Gasteiger partial charge in [0.15, 0.2) is 9.84 Å². The minimum absolute atomic E-state index is 0.0903. The Balaban J connectivity index is 1.66. The molecule has 1 N–H and O–H groups in total. The summed E-state index contributed by atoms with van der Waals surface area (Å²) in [4.78, 5) is 24.8. The minimum atomic E-state index is -2.96. The van der Waals surface area contributed by atoms with Gasteiger partial charge in [-0.1, -0.05) is 0 Å². The van der Waals surface area contributed by atoms with Gasteiger partial charge in [0.25, 0.3) is 5.91 Å². The van der Waals surface area contributed by atoms with Crippen LogP contribution in [0.1, 0.15) is 16.9 Å². The summed E-state index contributed by atoms with van der Waals surface area (Å²) in [5.41, 5.74) is 0.341. The van der Waals surface area contributed by atoms with Crippen LogP contribution < -0.4 is 5.32 Å². The third-order valence-electron chi connectivity index (χ3n) is 4.23. The lowest BCUT2D eigenvalue weighted by Gasteiger charge is -2.32. The summed E-state index contributed by atoms with van der Waals surface area (Å²) in [5, 5.41) is 3.02. The molecule has 23 heavy (non-hydrogen) atoms. The van der Waals surface area contributed by atoms with Crippen molar-refractivity contribution < 1.29 is 13.2 Å². The Labute approximate surface area is 135 Å². The molecule has 0 aliphatic carbocycles. The van der Waals surface area contributed by atoms with Gasteiger partial charge in [-0.25, -0.2) is 18.4 Å². The predicted molar refractivity (Wildman–Crippen MR) is 86.1 cm³/mol. The van der Waals surface area contributed by atoms with Crippen LogP contribution in [0.3, 0.4) is 0 Å². The highest BCUT2D eigenvalue weighted by Crippen LogP contribution is 2.15. The normalized spacial score (nSPS) is 24.6. The molecule has 2 aliphatic rings. The predicted octanol–water partition coefficient (Wildman–Crippen LogP) is -0.537. The van der Waals surface area contributed by atoms with Gasteiger partial charge in [-0.3, -0.25) is 4.79 Å². The Morgan fingerprint density at radius 1 is 1.30 bits per heavy atom. The summed E-state index contributed by atoms with van der Waals surface area (Å²) in [6.07, 6.45) is 2.07. The van der Waals surface area contributed by atoms with E-state index in [0.29, 0.717) is 31.2 Å². The first-order valence-electron chi connectivity index (χ1n) is 7.71. The minimum Gasteiger partial charge on any atom is -0.350 e. The number of carbonyl (C=O) groups excluding carboxylic acids is 1. The second-order valence-corrected chi connectivity index (χ2v) is 8.33. The standard InChI is InChI=1S/C14H21N5O3S/c1-18-5-7-19(8-6-18)13(20)12-2-4-15-14(17-12)16-11-3-9-23(21,22)10-11/h2,4,11H,3,5-10H2,1H3,(H,15,16,17). The fourth-order valence-corrected chi connectivity index (χ4v) is 4.48. The summed E-state index contributed by atoms with van der Waals surface area (Å²) >= 11 is 0. The molecule has 2 aliphatic heterocycles. The van der Waals surface area contributed by atoms with Crippen molar-refractivity contribution in [2.45, 2.75) is 12.5 Å². The lowest BCUT2D eigenvalue weighted by Crippen LogP contribution is -2.47. The van der Waals surface area contributed by atoms with Crippen molar-refractivity contribution >= 4 is 21.7 Å². The molecule has 126 valence electrons. The van der Waals surface area contributed by atoms with Crippen molar-refractivity contribution in [2.24, 2.45) is 0 Å². The van der Waals surface area contributed by atoms with E-state index in [1.54, 1.807) is 11.0 Å². The van der Waals surface area contributed by atoms with E-state index in [-0.39, 0.29) is 23.5 Å². The zero-order valence-electron chi connectivity index (χ0n) is 13.1. The Morgan fingerprint density at radius 3 is 2.70 bits per heavy atom. The van der Waals surface area contributed by atoms with Crippen molar-refractivity contribution in [3.05, 3.63) is 18.0 Å². The summed E-state index contributed by atoms with van der Waals surface area (Å²) < 4.78 is 23.0. The Hall–Kier alpha value is -1.74. The molecule has 0 spiro atoms. The number of hydrogen-bond acceptors (Lipinski definition) is 7. The summed E-state index contributed by atoms with van der Waals surface area (Å²) in [5.74, 6) is 0.479. The molecule has 1 aromatic heterocycles. The summed E-state index contributed by atoms with van der Waals surface area (Å²) in [6.45, 7) is 3.07. The molecule has 0 radical (unpaired) electrons. The van der Waals surface area contributed by atoms with E-state index in [1.807, 2.05) is 7.05 Å². The summed E-state index contributed by atoms with van der Waals surface area (Å²) in [6, 6.07) is 1.41. The van der Waals surface area contributed by atoms with Gasteiger partial charge in [-0.15, -0.1) is 0 Å². The van der Waals surface area contributed by atoms with Gasteiger partial charge in [0, 0.05) is 38.4 Å². The molecule has 3 rings (SSSR count). The van der Waals surface area contributed by atoms with Crippen LogP contribution in [0.4, 0.5) is 5.95 Å². The molecule has 0 saturated carbocycles. The topological polar surface area (TPSA) is 95.5 Å². The number of piperazine rings is 1. The number of hydrogen-bond donors (Lipinski definition) is 1. The average Bonchev–Trinajstić information content (AvgIpc) is 2.86. The molecule has 2 fully saturated rings. The van der Waals surface area contributed by atoms with Crippen LogP contribution in [0.5, 0.6) is 0 Å². The quantitative estimate of drug-likeness (QED) is 0.790. The number of aromatic nitrogens is 2. The number of nitrogens with one attached hydrogen (secondary N) is 1. The number of carbonyl (C=O) groups is 1. The van der Waals surface area contributed by atoms with Gasteiger partial charge < -0.3 is 15.1 Å². The molecule has 0 bridgehead atoms. The molecule has 9 heteroatoms. The second kappa shape index (κ2) is 6.40. The van der Waals surface area contributed by atoms with Crippen molar-refractivity contribution in [1.29, 1.82) is 0 Å². The fraction of sp³-hybridized carbons (Fsp3) is 0.643. The van der Waals surface area contributed by atoms with E-state index in [0.717, 1.165) is 13.1 Å². The Kier molecular flexibility index (Phi) is 4.49. The molecule has 3 heterocycles. The first kappa shape index (κ1) is 16.1. The maximum atomic E-state index is 12.5. The lowest BCUT2D eigenvalue weighted by atomic mass is 10.2. The molecule has 0 aromatic carbocycles. The lowest BCUT2D eigenvalue weighted by molar-refractivity contribution is 0.0658. The molecule has 2 saturated heterocycles. The fourth-order valence-electron chi connectivity index (χ4n) is 2.81. The average molecular weight is 339 g/mol. The van der Waals surface area contributed by atoms with Crippen molar-refractivity contribution in [2.75, 3.05) is 50.0 Å². The Bertz CT molecular complexity index is 685. The van der Waals surface area contributed by atoms with Crippen molar-refractivity contribution in [1.82, 2.24) is 19.8 Å². The van der Waals surface area contributed by atoms with E-state index < -0.39 is 9.84 Å². The van der Waals surface area contributed by atoms with E-state index in [9.17, 15) is 13.2 Å². The van der Waals surface area contributed by atoms with Crippen LogP contribution >= 0.6 is 0 Å². The van der Waals surface area contributed by atoms with Crippen LogP contribution in [-0.4, -0.2) is 84.9 Å². The molecule has 1 amide bonds. The highest BCUT2D eigenvalue weighted by atomic mass is 32.2. The number of nitrogens with zero attached hydrogens (tertiary/aromatic N) is 4. The third kappa shape index (κ3) is 3.97. The van der Waals surface area contributed by atoms with Crippen molar-refractivity contribution in [3.8, 4) is 0 Å². The third-order valence-corrected chi connectivity index (χ3v) is 6.00. The Morgan fingerprint density at radius 2 is 2.04 bits per heavy atom. The zero-order chi connectivity index (χ0) is 16.4. The van der Waals surface area contributed by atoms with E-state index in [2.05, 4.69) is 20.2 Å². The van der Waals surface area contributed by atoms with Crippen LogP contribution in [0.15, 0.2) is 12.3 Å². The number of sulfone groups is 1. The highest BCUT2D eigenvalue weighted by Gasteiger charge is 2.28. The number of rotatable bonds is 3. The zero-order valence-corrected chi connectivity index (χ0v) is 13.9. The largest absolute Gasteiger partial charge is 0.350 e. The maximum absolute atomic E-state index is 12.5. The van der Waals surface area contributed by atoms with Gasteiger partial charge in [0.05, 0.1) is 11.5 Å². The molecule has 1 aromatic rings. The number of amides is 1. The molecule has 1 unspecified atom stereocenters. The molecule has 1 atom stereocenters. The second-order valence-electron chi connectivity index (χ2n) is 6.11. The van der Waals surface area contributed by atoms with Crippen LogP contribution in [0, 0.1) is 0 Å². The van der Waals surface area contributed by atoms with Crippen LogP contribution in [0.25, 0.3) is 0 Å². The maximum Gasteiger partial charge on any atom is 0.272 e. The van der Waals surface area contributed by atoms with E-state index >= 15 is 0 Å². The van der Waals surface area contributed by atoms with Gasteiger partial charge in [0.1, 0.15) is 5.69 Å². The molecule has 8 nitrogen and oxygen atoms in total. The van der Waals surface area contributed by atoms with Crippen LogP contribution in [-0.2, 0) is 9.84 Å². The first-order chi connectivity index (χ1) is 10.9. The van der Waals surface area contributed by atoms with E-state index in [1.165, 1.54) is 6.20 Å². The first-order valence-corrected chi connectivity index (χ1v) is 9.53. The molecular weight excluding hydrogens is 318 g/mol. The summed E-state index contributed by atoms with van der Waals surface area (Å²) in [7, 11) is -0.930. The SMILES string of the molecule is CN1CCN(C(=O)c2ccnc(NC3CCS(=O)(=O)C3)n2)CC1. The smallest absolute Gasteiger partial charge is 0.272 e. The number of anilines is 1. The van der Waals surface area contributed by atoms with Crippen molar-refractivity contribution in [3.63, 3.8) is 0 Å².